The van der Waals surface area contributed by atoms with Crippen LogP contribution in [0.5, 0.6) is 11.5 Å². The van der Waals surface area contributed by atoms with Crippen molar-refractivity contribution in [3.63, 3.8) is 0 Å². The number of hydrogen-bond donors (Lipinski definition) is 3. The fourth-order valence-corrected chi connectivity index (χ4v) is 3.54. The normalized spacial score (nSPS) is 10.3. The minimum atomic E-state index is -0.219. The number of benzene rings is 4. The van der Waals surface area contributed by atoms with Gasteiger partial charge < -0.3 is 25.4 Å². The maximum absolute atomic E-state index is 12.5. The number of para-hydroxylation sites is 1. The largest absolute Gasteiger partial charge is 0.490 e. The van der Waals surface area contributed by atoms with Gasteiger partial charge in [-0.2, -0.15) is 0 Å². The van der Waals surface area contributed by atoms with E-state index in [1.54, 1.807) is 30.3 Å². The summed E-state index contributed by atoms with van der Waals surface area (Å²) >= 11 is 0. The highest BCUT2D eigenvalue weighted by Crippen LogP contribution is 2.18. The van der Waals surface area contributed by atoms with Gasteiger partial charge in [0.15, 0.2) is 0 Å². The van der Waals surface area contributed by atoms with E-state index < -0.39 is 0 Å². The molecule has 0 aromatic heterocycles. The van der Waals surface area contributed by atoms with Gasteiger partial charge in [0.2, 0.25) is 5.91 Å². The molecular weight excluding hydrogens is 466 g/mol. The Balaban J connectivity index is 1.21. The van der Waals surface area contributed by atoms with Crippen molar-refractivity contribution in [2.45, 2.75) is 6.54 Å². The monoisotopic (exact) mass is 495 g/mol. The van der Waals surface area contributed by atoms with Gasteiger partial charge in [0.1, 0.15) is 24.7 Å². The first-order valence-electron chi connectivity index (χ1n) is 12.0. The Morgan fingerprint density at radius 3 is 2.08 bits per heavy atom. The Hall–Kier alpha value is -4.78. The molecule has 0 radical (unpaired) electrons. The minimum absolute atomic E-state index is 0.0467. The molecule has 4 rings (SSSR count). The molecule has 0 heterocycles. The lowest BCUT2D eigenvalue weighted by atomic mass is 10.1. The Kier molecular flexibility index (Phi) is 9.13. The van der Waals surface area contributed by atoms with Gasteiger partial charge in [-0.25, -0.2) is 0 Å². The Morgan fingerprint density at radius 2 is 1.30 bits per heavy atom. The molecule has 3 N–H and O–H groups in total. The van der Waals surface area contributed by atoms with E-state index in [0.717, 1.165) is 11.3 Å². The second-order valence-electron chi connectivity index (χ2n) is 8.19. The van der Waals surface area contributed by atoms with Crippen LogP contribution in [0.25, 0.3) is 0 Å². The van der Waals surface area contributed by atoms with Crippen LogP contribution in [-0.2, 0) is 11.3 Å². The number of hydrogen-bond acceptors (Lipinski definition) is 5. The summed E-state index contributed by atoms with van der Waals surface area (Å²) in [6.07, 6.45) is 0. The summed E-state index contributed by atoms with van der Waals surface area (Å²) in [6, 6.07) is 33.5. The van der Waals surface area contributed by atoms with Crippen molar-refractivity contribution in [1.82, 2.24) is 5.32 Å². The molecule has 7 heteroatoms. The molecule has 0 atom stereocenters. The Labute approximate surface area is 216 Å². The van der Waals surface area contributed by atoms with Gasteiger partial charge >= 0.3 is 0 Å². The lowest BCUT2D eigenvalue weighted by molar-refractivity contribution is -0.114. The van der Waals surface area contributed by atoms with Crippen LogP contribution in [0.15, 0.2) is 109 Å². The average Bonchev–Trinajstić information content (AvgIpc) is 2.94. The highest BCUT2D eigenvalue weighted by atomic mass is 16.5. The molecule has 0 aliphatic rings. The summed E-state index contributed by atoms with van der Waals surface area (Å²) in [6.45, 7) is 1.28. The van der Waals surface area contributed by atoms with E-state index in [2.05, 4.69) is 16.0 Å². The summed E-state index contributed by atoms with van der Waals surface area (Å²) in [7, 11) is 0. The van der Waals surface area contributed by atoms with Crippen LogP contribution in [-0.4, -0.2) is 31.6 Å². The van der Waals surface area contributed by atoms with E-state index in [1.165, 1.54) is 0 Å². The van der Waals surface area contributed by atoms with E-state index in [0.29, 0.717) is 42.4 Å². The van der Waals surface area contributed by atoms with Gasteiger partial charge in [0, 0.05) is 29.5 Å². The lowest BCUT2D eigenvalue weighted by Crippen LogP contribution is -2.23. The van der Waals surface area contributed by atoms with E-state index >= 15 is 0 Å². The van der Waals surface area contributed by atoms with Crippen molar-refractivity contribution in [2.24, 2.45) is 0 Å². The highest BCUT2D eigenvalue weighted by molar-refractivity contribution is 5.96. The van der Waals surface area contributed by atoms with Crippen molar-refractivity contribution in [3.05, 3.63) is 120 Å². The number of ether oxygens (including phenoxy) is 2. The topological polar surface area (TPSA) is 88.7 Å². The smallest absolute Gasteiger partial charge is 0.251 e. The van der Waals surface area contributed by atoms with Crippen LogP contribution >= 0.6 is 0 Å². The molecule has 0 spiro atoms. The minimum Gasteiger partial charge on any atom is -0.490 e. The molecule has 0 saturated carbocycles. The fourth-order valence-electron chi connectivity index (χ4n) is 3.54. The number of amides is 2. The zero-order chi connectivity index (χ0) is 25.7. The third kappa shape index (κ3) is 8.43. The number of anilines is 2. The second-order valence-corrected chi connectivity index (χ2v) is 8.19. The average molecular weight is 496 g/mol. The van der Waals surface area contributed by atoms with Gasteiger partial charge in [0.05, 0.1) is 6.54 Å². The van der Waals surface area contributed by atoms with Crippen LogP contribution in [0.4, 0.5) is 11.4 Å². The van der Waals surface area contributed by atoms with Crippen molar-refractivity contribution < 1.29 is 19.1 Å². The third-order valence-corrected chi connectivity index (χ3v) is 5.36. The number of carbonyl (C=O) groups is 2. The standard InChI is InChI=1S/C30H29N3O4/c34-29(33-26-13-8-16-28(20-26)37-18-17-36-27-14-5-2-6-15-27)22-31-25-12-7-11-24(19-25)30(35)32-21-23-9-3-1-4-10-23/h1-16,19-20,31H,17-18,21-22H2,(H,32,35)(H,33,34). The first-order chi connectivity index (χ1) is 18.2. The highest BCUT2D eigenvalue weighted by Gasteiger charge is 2.08. The SMILES string of the molecule is O=C(CNc1cccc(C(=O)NCc2ccccc2)c1)Nc1cccc(OCCOc2ccccc2)c1. The molecule has 2 amide bonds. The molecule has 7 nitrogen and oxygen atoms in total. The summed E-state index contributed by atoms with van der Waals surface area (Å²) in [5, 5.41) is 8.82. The van der Waals surface area contributed by atoms with Crippen LogP contribution in [0, 0.1) is 0 Å². The number of nitrogens with one attached hydrogen (secondary N) is 3. The predicted molar refractivity (Wildman–Crippen MR) is 145 cm³/mol. The zero-order valence-electron chi connectivity index (χ0n) is 20.4. The fraction of sp³-hybridized carbons (Fsp3) is 0.133. The van der Waals surface area contributed by atoms with Crippen LogP contribution in [0.3, 0.4) is 0 Å². The number of carbonyl (C=O) groups excluding carboxylic acids is 2. The first-order valence-corrected chi connectivity index (χ1v) is 12.0. The van der Waals surface area contributed by atoms with Crippen molar-refractivity contribution in [3.8, 4) is 11.5 Å². The summed E-state index contributed by atoms with van der Waals surface area (Å²) in [5.74, 6) is 1.03. The summed E-state index contributed by atoms with van der Waals surface area (Å²) in [4.78, 5) is 25.0. The van der Waals surface area contributed by atoms with E-state index in [-0.39, 0.29) is 18.4 Å². The van der Waals surface area contributed by atoms with E-state index in [1.807, 2.05) is 78.9 Å². The van der Waals surface area contributed by atoms with Gasteiger partial charge in [-0.3, -0.25) is 9.59 Å². The molecule has 0 unspecified atom stereocenters. The van der Waals surface area contributed by atoms with Crippen molar-refractivity contribution in [1.29, 1.82) is 0 Å². The zero-order valence-corrected chi connectivity index (χ0v) is 20.4. The number of rotatable bonds is 12. The molecule has 37 heavy (non-hydrogen) atoms. The van der Waals surface area contributed by atoms with Gasteiger partial charge in [-0.05, 0) is 48.0 Å². The summed E-state index contributed by atoms with van der Waals surface area (Å²) in [5.41, 5.74) is 2.85. The van der Waals surface area contributed by atoms with Crippen molar-refractivity contribution in [2.75, 3.05) is 30.4 Å². The third-order valence-electron chi connectivity index (χ3n) is 5.36. The maximum Gasteiger partial charge on any atom is 0.251 e. The summed E-state index contributed by atoms with van der Waals surface area (Å²) < 4.78 is 11.4. The van der Waals surface area contributed by atoms with Gasteiger partial charge in [-0.15, -0.1) is 0 Å². The molecule has 0 bridgehead atoms. The molecule has 0 fully saturated rings. The van der Waals surface area contributed by atoms with Crippen LogP contribution < -0.4 is 25.4 Å². The first kappa shape index (κ1) is 25.3. The molecular formula is C30H29N3O4. The van der Waals surface area contributed by atoms with Crippen molar-refractivity contribution >= 4 is 23.2 Å². The Morgan fingerprint density at radius 1 is 0.649 bits per heavy atom. The molecule has 0 saturated heterocycles. The Bertz CT molecular complexity index is 1300. The molecule has 4 aromatic carbocycles. The molecule has 188 valence electrons. The molecule has 0 aliphatic carbocycles. The van der Waals surface area contributed by atoms with Crippen LogP contribution in [0.2, 0.25) is 0 Å². The second kappa shape index (κ2) is 13.3. The van der Waals surface area contributed by atoms with Gasteiger partial charge in [0.25, 0.3) is 5.91 Å². The van der Waals surface area contributed by atoms with E-state index in [4.69, 9.17) is 9.47 Å². The molecule has 4 aromatic rings. The predicted octanol–water partition coefficient (Wildman–Crippen LogP) is 5.13. The lowest BCUT2D eigenvalue weighted by Gasteiger charge is -2.11. The van der Waals surface area contributed by atoms with Gasteiger partial charge in [-0.1, -0.05) is 60.7 Å². The van der Waals surface area contributed by atoms with Crippen LogP contribution in [0.1, 0.15) is 15.9 Å². The quantitative estimate of drug-likeness (QED) is 0.237. The molecule has 0 aliphatic heterocycles. The van der Waals surface area contributed by atoms with E-state index in [9.17, 15) is 9.59 Å². The maximum atomic E-state index is 12.5.